The molecule has 0 aliphatic heterocycles. The van der Waals surface area contributed by atoms with Gasteiger partial charge in [0, 0.05) is 6.07 Å². The Balaban J connectivity index is 0.00000288. The van der Waals surface area contributed by atoms with Crippen molar-refractivity contribution in [1.82, 2.24) is 0 Å². The number of ether oxygens (including phenoxy) is 1. The number of pyridine rings is 1. The molecule has 2 N–H and O–H groups in total. The third kappa shape index (κ3) is 5.48. The number of nitrogens with two attached hydrogens (primary N) is 1. The van der Waals surface area contributed by atoms with Crippen molar-refractivity contribution in [3.63, 3.8) is 0 Å². The van der Waals surface area contributed by atoms with E-state index in [2.05, 4.69) is 20.8 Å². The third-order valence-electron chi connectivity index (χ3n) is 4.70. The Labute approximate surface area is 150 Å². The summed E-state index contributed by atoms with van der Waals surface area (Å²) >= 11 is 0. The van der Waals surface area contributed by atoms with Gasteiger partial charge in [-0.1, -0.05) is 27.2 Å². The Kier molecular flexibility index (Phi) is 7.67. The number of carbonyl (C=O) groups is 2. The van der Waals surface area contributed by atoms with Crippen molar-refractivity contribution < 1.29 is 31.3 Å². The summed E-state index contributed by atoms with van der Waals surface area (Å²) in [7, 11) is 0. The molecule has 1 aromatic rings. The number of amides is 1. The molecule has 5 nitrogen and oxygen atoms in total. The Bertz CT molecular complexity index is 577. The highest BCUT2D eigenvalue weighted by molar-refractivity contribution is 5.92. The van der Waals surface area contributed by atoms with Crippen LogP contribution < -0.4 is 22.7 Å². The van der Waals surface area contributed by atoms with Crippen molar-refractivity contribution in [1.29, 1.82) is 0 Å². The molecule has 1 aliphatic rings. The van der Waals surface area contributed by atoms with Gasteiger partial charge in [0.25, 0.3) is 5.91 Å². The summed E-state index contributed by atoms with van der Waals surface area (Å²) in [5, 5.41) is 0. The molecule has 0 saturated heterocycles. The summed E-state index contributed by atoms with van der Waals surface area (Å²) in [5.74, 6) is 0.756. The van der Waals surface area contributed by atoms with Crippen LogP contribution in [0.1, 0.15) is 50.4 Å². The standard InChI is InChI=1S/C18H26N2O3.ClH/c1-12(2)15-7-6-13(3)9-16(15)23-17(21)11-20-8-4-5-14(10-20)18(19)22;/h4-5,8,10,12-13,15-16H,6-7,9,11H2,1-3H3,(H-,19,22);1H. The molecule has 3 unspecified atom stereocenters. The first kappa shape index (κ1) is 20.4. The van der Waals surface area contributed by atoms with Gasteiger partial charge in [-0.25, -0.2) is 4.79 Å². The van der Waals surface area contributed by atoms with Crippen LogP contribution in [0, 0.1) is 17.8 Å². The molecule has 1 aliphatic carbocycles. The van der Waals surface area contributed by atoms with E-state index in [9.17, 15) is 9.59 Å². The maximum atomic E-state index is 12.3. The lowest BCUT2D eigenvalue weighted by Gasteiger charge is -2.36. The maximum absolute atomic E-state index is 12.3. The zero-order chi connectivity index (χ0) is 17.0. The molecule has 1 heterocycles. The lowest BCUT2D eigenvalue weighted by molar-refractivity contribution is -0.686. The molecule has 0 aromatic carbocycles. The van der Waals surface area contributed by atoms with Gasteiger partial charge >= 0.3 is 5.97 Å². The van der Waals surface area contributed by atoms with Crippen molar-refractivity contribution in [2.45, 2.75) is 52.7 Å². The molecule has 3 atom stereocenters. The summed E-state index contributed by atoms with van der Waals surface area (Å²) in [6.45, 7) is 6.68. The molecule has 1 amide bonds. The van der Waals surface area contributed by atoms with Crippen LogP contribution in [-0.2, 0) is 16.1 Å². The average molecular weight is 355 g/mol. The summed E-state index contributed by atoms with van der Waals surface area (Å²) < 4.78 is 7.40. The van der Waals surface area contributed by atoms with E-state index in [-0.39, 0.29) is 31.0 Å². The highest BCUT2D eigenvalue weighted by Gasteiger charge is 2.33. The van der Waals surface area contributed by atoms with Crippen molar-refractivity contribution >= 4 is 11.9 Å². The van der Waals surface area contributed by atoms with Crippen LogP contribution in [-0.4, -0.2) is 18.0 Å². The third-order valence-corrected chi connectivity index (χ3v) is 4.70. The van der Waals surface area contributed by atoms with Crippen molar-refractivity contribution in [3.8, 4) is 0 Å². The first-order valence-electron chi connectivity index (χ1n) is 8.35. The van der Waals surface area contributed by atoms with Crippen LogP contribution in [0.25, 0.3) is 0 Å². The van der Waals surface area contributed by atoms with Crippen molar-refractivity contribution in [3.05, 3.63) is 30.1 Å². The molecular formula is C18H27ClN2O3. The SMILES string of the molecule is CC1CCC(C(C)C)C(OC(=O)C[n+]2cccc(C(N)=O)c2)C1.[Cl-]. The van der Waals surface area contributed by atoms with Crippen LogP contribution in [0.3, 0.4) is 0 Å². The predicted molar refractivity (Wildman–Crippen MR) is 86.4 cm³/mol. The largest absolute Gasteiger partial charge is 1.00 e. The van der Waals surface area contributed by atoms with Gasteiger partial charge in [0.2, 0.25) is 6.54 Å². The molecule has 2 rings (SSSR count). The van der Waals surface area contributed by atoms with E-state index in [4.69, 9.17) is 10.5 Å². The van der Waals surface area contributed by atoms with Gasteiger partial charge in [0.05, 0.1) is 0 Å². The van der Waals surface area contributed by atoms with Gasteiger partial charge in [0.15, 0.2) is 12.4 Å². The normalized spacial score (nSPS) is 23.4. The van der Waals surface area contributed by atoms with E-state index in [1.54, 1.807) is 29.1 Å². The van der Waals surface area contributed by atoms with E-state index >= 15 is 0 Å². The van der Waals surface area contributed by atoms with E-state index in [0.717, 1.165) is 12.8 Å². The number of primary amides is 1. The zero-order valence-corrected chi connectivity index (χ0v) is 15.3. The molecule has 24 heavy (non-hydrogen) atoms. The van der Waals surface area contributed by atoms with Gasteiger partial charge in [-0.05, 0) is 36.7 Å². The van der Waals surface area contributed by atoms with E-state index < -0.39 is 5.91 Å². The zero-order valence-electron chi connectivity index (χ0n) is 14.6. The minimum atomic E-state index is -0.506. The number of hydrogen-bond donors (Lipinski definition) is 1. The molecule has 1 fully saturated rings. The van der Waals surface area contributed by atoms with Crippen LogP contribution in [0.4, 0.5) is 0 Å². The number of hydrogen-bond acceptors (Lipinski definition) is 3. The van der Waals surface area contributed by atoms with Gasteiger partial charge in [-0.15, -0.1) is 0 Å². The van der Waals surface area contributed by atoms with Gasteiger partial charge in [-0.3, -0.25) is 4.79 Å². The summed E-state index contributed by atoms with van der Waals surface area (Å²) in [5.41, 5.74) is 5.64. The number of halogens is 1. The lowest BCUT2D eigenvalue weighted by atomic mass is 9.75. The number of nitrogens with zero attached hydrogens (tertiary/aromatic N) is 1. The first-order chi connectivity index (χ1) is 10.9. The minimum Gasteiger partial charge on any atom is -1.00 e. The molecule has 0 bridgehead atoms. The van der Waals surface area contributed by atoms with Crippen LogP contribution in [0.5, 0.6) is 0 Å². The topological polar surface area (TPSA) is 73.3 Å². The monoisotopic (exact) mass is 354 g/mol. The second kappa shape index (κ2) is 9.02. The Morgan fingerprint density at radius 3 is 2.71 bits per heavy atom. The van der Waals surface area contributed by atoms with E-state index in [0.29, 0.717) is 23.3 Å². The Morgan fingerprint density at radius 2 is 2.08 bits per heavy atom. The number of carbonyl (C=O) groups excluding carboxylic acids is 2. The van der Waals surface area contributed by atoms with Gasteiger partial charge < -0.3 is 22.9 Å². The fraction of sp³-hybridized carbons (Fsp3) is 0.611. The van der Waals surface area contributed by atoms with Crippen LogP contribution in [0.2, 0.25) is 0 Å². The smallest absolute Gasteiger partial charge is 0.372 e. The second-order valence-electron chi connectivity index (χ2n) is 6.98. The number of esters is 1. The van der Waals surface area contributed by atoms with E-state index in [1.165, 1.54) is 6.42 Å². The number of rotatable bonds is 5. The molecular weight excluding hydrogens is 328 g/mol. The molecule has 1 saturated carbocycles. The van der Waals surface area contributed by atoms with E-state index in [1.807, 2.05) is 0 Å². The highest BCUT2D eigenvalue weighted by atomic mass is 35.5. The highest BCUT2D eigenvalue weighted by Crippen LogP contribution is 2.35. The minimum absolute atomic E-state index is 0. The van der Waals surface area contributed by atoms with Crippen molar-refractivity contribution in [2.24, 2.45) is 23.5 Å². The molecule has 6 heteroatoms. The van der Waals surface area contributed by atoms with Crippen LogP contribution in [0.15, 0.2) is 24.5 Å². The summed E-state index contributed by atoms with van der Waals surface area (Å²) in [4.78, 5) is 23.5. The predicted octanol–water partition coefficient (Wildman–Crippen LogP) is -0.919. The molecule has 1 aromatic heterocycles. The quantitative estimate of drug-likeness (QED) is 0.549. The Hall–Kier alpha value is -1.62. The van der Waals surface area contributed by atoms with Crippen LogP contribution >= 0.6 is 0 Å². The van der Waals surface area contributed by atoms with Gasteiger partial charge in [-0.2, -0.15) is 4.57 Å². The molecule has 0 radical (unpaired) electrons. The second-order valence-corrected chi connectivity index (χ2v) is 6.98. The van der Waals surface area contributed by atoms with Crippen molar-refractivity contribution in [2.75, 3.05) is 0 Å². The summed E-state index contributed by atoms with van der Waals surface area (Å²) in [6.07, 6.45) is 6.55. The maximum Gasteiger partial charge on any atom is 0.372 e. The molecule has 0 spiro atoms. The number of aromatic nitrogens is 1. The first-order valence-corrected chi connectivity index (χ1v) is 8.35. The average Bonchev–Trinajstić information content (AvgIpc) is 2.47. The Morgan fingerprint density at radius 1 is 1.38 bits per heavy atom. The summed E-state index contributed by atoms with van der Waals surface area (Å²) in [6, 6.07) is 3.33. The fourth-order valence-electron chi connectivity index (χ4n) is 3.37. The van der Waals surface area contributed by atoms with Gasteiger partial charge in [0.1, 0.15) is 11.7 Å². The fourth-order valence-corrected chi connectivity index (χ4v) is 3.37. The lowest BCUT2D eigenvalue weighted by Crippen LogP contribution is -3.00. The molecule has 134 valence electrons.